The number of nitrogens with two attached hydrogens (primary N) is 1. The van der Waals surface area contributed by atoms with Crippen LogP contribution in [-0.4, -0.2) is 17.5 Å². The molecule has 0 fully saturated rings. The molecule has 1 aromatic carbocycles. The molecule has 0 bridgehead atoms. The summed E-state index contributed by atoms with van der Waals surface area (Å²) >= 11 is 0. The Hall–Kier alpha value is -2.63. The van der Waals surface area contributed by atoms with Gasteiger partial charge in [0.25, 0.3) is 0 Å². The number of hydrogen-bond acceptors (Lipinski definition) is 4. The first-order valence-corrected chi connectivity index (χ1v) is 6.03. The first-order chi connectivity index (χ1) is 9.63. The van der Waals surface area contributed by atoms with Crippen molar-refractivity contribution in [2.75, 3.05) is 17.7 Å². The Morgan fingerprint density at radius 2 is 2.00 bits per heavy atom. The van der Waals surface area contributed by atoms with Gasteiger partial charge in [-0.15, -0.1) is 0 Å². The molecule has 20 heavy (non-hydrogen) atoms. The molecule has 1 aromatic heterocycles. The molecule has 0 saturated heterocycles. The van der Waals surface area contributed by atoms with E-state index in [-0.39, 0.29) is 18.9 Å². The fourth-order valence-corrected chi connectivity index (χ4v) is 1.48. The van der Waals surface area contributed by atoms with E-state index in [2.05, 4.69) is 10.3 Å². The maximum absolute atomic E-state index is 12.6. The highest BCUT2D eigenvalue weighted by Gasteiger charge is 2.04. The van der Waals surface area contributed by atoms with Crippen molar-refractivity contribution < 1.29 is 13.9 Å². The summed E-state index contributed by atoms with van der Waals surface area (Å²) in [6.45, 7) is 0.233. The van der Waals surface area contributed by atoms with E-state index in [0.717, 1.165) is 6.20 Å². The molecule has 104 valence electrons. The van der Waals surface area contributed by atoms with Crippen LogP contribution in [0.25, 0.3) is 0 Å². The second-order valence-electron chi connectivity index (χ2n) is 4.08. The van der Waals surface area contributed by atoms with Gasteiger partial charge in [0.05, 0.1) is 19.2 Å². The molecule has 1 amide bonds. The zero-order valence-corrected chi connectivity index (χ0v) is 10.7. The molecule has 0 atom stereocenters. The van der Waals surface area contributed by atoms with Gasteiger partial charge in [-0.25, -0.2) is 9.37 Å². The van der Waals surface area contributed by atoms with Crippen LogP contribution in [0.1, 0.15) is 6.42 Å². The lowest BCUT2D eigenvalue weighted by atomic mass is 10.3. The van der Waals surface area contributed by atoms with Gasteiger partial charge in [0.1, 0.15) is 17.4 Å². The van der Waals surface area contributed by atoms with Crippen molar-refractivity contribution in [3.8, 4) is 5.75 Å². The minimum atomic E-state index is -0.449. The first-order valence-electron chi connectivity index (χ1n) is 6.03. The summed E-state index contributed by atoms with van der Waals surface area (Å²) in [7, 11) is 0. The van der Waals surface area contributed by atoms with Crippen LogP contribution < -0.4 is 15.8 Å². The van der Waals surface area contributed by atoms with Crippen LogP contribution in [0.15, 0.2) is 42.6 Å². The Morgan fingerprint density at radius 1 is 1.25 bits per heavy atom. The Balaban J connectivity index is 1.75. The molecule has 0 aliphatic carbocycles. The second kappa shape index (κ2) is 6.51. The van der Waals surface area contributed by atoms with Crippen molar-refractivity contribution in [1.29, 1.82) is 0 Å². The highest BCUT2D eigenvalue weighted by Crippen LogP contribution is 2.13. The predicted octanol–water partition coefficient (Wildman–Crippen LogP) is 2.21. The number of nitrogens with zero attached hydrogens (tertiary/aromatic N) is 1. The molecule has 0 aliphatic heterocycles. The number of amides is 1. The van der Waals surface area contributed by atoms with Gasteiger partial charge in [-0.05, 0) is 36.4 Å². The summed E-state index contributed by atoms with van der Waals surface area (Å²) in [4.78, 5) is 15.3. The molecule has 3 N–H and O–H groups in total. The van der Waals surface area contributed by atoms with Crippen LogP contribution in [0, 0.1) is 5.82 Å². The van der Waals surface area contributed by atoms with E-state index in [4.69, 9.17) is 10.5 Å². The van der Waals surface area contributed by atoms with Crippen LogP contribution >= 0.6 is 0 Å². The van der Waals surface area contributed by atoms with E-state index in [1.54, 1.807) is 24.3 Å². The first kappa shape index (κ1) is 13.8. The van der Waals surface area contributed by atoms with Crippen LogP contribution in [0.4, 0.5) is 15.9 Å². The molecule has 1 heterocycles. The topological polar surface area (TPSA) is 77.2 Å². The number of ether oxygens (including phenoxy) is 1. The largest absolute Gasteiger partial charge is 0.493 e. The number of benzene rings is 1. The third kappa shape index (κ3) is 4.24. The lowest BCUT2D eigenvalue weighted by Crippen LogP contribution is -2.16. The van der Waals surface area contributed by atoms with Crippen LogP contribution in [0.3, 0.4) is 0 Å². The smallest absolute Gasteiger partial charge is 0.228 e. The number of anilines is 2. The van der Waals surface area contributed by atoms with E-state index < -0.39 is 5.82 Å². The molecule has 0 spiro atoms. The van der Waals surface area contributed by atoms with Crippen LogP contribution in [0.5, 0.6) is 5.75 Å². The number of pyridine rings is 1. The van der Waals surface area contributed by atoms with Crippen LogP contribution in [0.2, 0.25) is 0 Å². The van der Waals surface area contributed by atoms with Gasteiger partial charge < -0.3 is 15.8 Å². The summed E-state index contributed by atoms with van der Waals surface area (Å²) in [6, 6.07) is 9.53. The number of halogens is 1. The predicted molar refractivity (Wildman–Crippen MR) is 73.8 cm³/mol. The van der Waals surface area contributed by atoms with Crippen LogP contribution in [-0.2, 0) is 4.79 Å². The lowest BCUT2D eigenvalue weighted by molar-refractivity contribution is -0.116. The Morgan fingerprint density at radius 3 is 2.65 bits per heavy atom. The average Bonchev–Trinajstić information content (AvgIpc) is 2.44. The number of nitrogen functional groups attached to an aromatic ring is 1. The lowest BCUT2D eigenvalue weighted by Gasteiger charge is -2.07. The third-order valence-corrected chi connectivity index (χ3v) is 2.47. The molecule has 0 aliphatic rings. The molecular formula is C14H14FN3O2. The van der Waals surface area contributed by atoms with Gasteiger partial charge in [-0.2, -0.15) is 0 Å². The minimum absolute atomic E-state index is 0.170. The summed E-state index contributed by atoms with van der Waals surface area (Å²) < 4.78 is 18.0. The zero-order chi connectivity index (χ0) is 14.4. The van der Waals surface area contributed by atoms with E-state index in [1.807, 2.05) is 0 Å². The number of carbonyl (C=O) groups is 1. The Bertz CT molecular complexity index is 570. The van der Waals surface area contributed by atoms with Gasteiger partial charge >= 0.3 is 0 Å². The average molecular weight is 275 g/mol. The number of hydrogen-bond donors (Lipinski definition) is 2. The molecule has 2 rings (SSSR count). The number of nitrogens with one attached hydrogen (secondary N) is 1. The molecular weight excluding hydrogens is 261 g/mol. The number of carbonyl (C=O) groups excluding carboxylic acids is 1. The molecule has 0 unspecified atom stereocenters. The number of rotatable bonds is 5. The van der Waals surface area contributed by atoms with Crippen molar-refractivity contribution in [2.45, 2.75) is 6.42 Å². The quantitative estimate of drug-likeness (QED) is 0.820. The molecule has 0 saturated carbocycles. The van der Waals surface area contributed by atoms with Crippen molar-refractivity contribution in [3.05, 3.63) is 48.4 Å². The van der Waals surface area contributed by atoms with Crippen molar-refractivity contribution in [2.24, 2.45) is 0 Å². The van der Waals surface area contributed by atoms with E-state index >= 15 is 0 Å². The van der Waals surface area contributed by atoms with Crippen molar-refractivity contribution in [1.82, 2.24) is 4.98 Å². The van der Waals surface area contributed by atoms with Gasteiger partial charge in [0.2, 0.25) is 5.91 Å². The number of aromatic nitrogens is 1. The highest BCUT2D eigenvalue weighted by atomic mass is 19.1. The normalized spacial score (nSPS) is 10.1. The fourth-order valence-electron chi connectivity index (χ4n) is 1.48. The van der Waals surface area contributed by atoms with E-state index in [1.165, 1.54) is 12.1 Å². The maximum atomic E-state index is 12.6. The summed E-state index contributed by atoms with van der Waals surface area (Å²) in [6.07, 6.45) is 1.21. The van der Waals surface area contributed by atoms with Gasteiger partial charge in [0.15, 0.2) is 0 Å². The molecule has 5 nitrogen and oxygen atoms in total. The third-order valence-electron chi connectivity index (χ3n) is 2.47. The summed E-state index contributed by atoms with van der Waals surface area (Å²) in [5.74, 6) is 0.255. The Kier molecular flexibility index (Phi) is 4.49. The second-order valence-corrected chi connectivity index (χ2v) is 4.08. The summed E-state index contributed by atoms with van der Waals surface area (Å²) in [5.41, 5.74) is 6.20. The summed E-state index contributed by atoms with van der Waals surface area (Å²) in [5, 5.41) is 2.55. The SMILES string of the molecule is Nc1ccc(OCCC(=O)Nc2ccc(F)cn2)cc1. The fraction of sp³-hybridized carbons (Fsp3) is 0.143. The van der Waals surface area contributed by atoms with E-state index in [9.17, 15) is 9.18 Å². The Labute approximate surface area is 115 Å². The van der Waals surface area contributed by atoms with Crippen molar-refractivity contribution >= 4 is 17.4 Å². The molecule has 0 radical (unpaired) electrons. The highest BCUT2D eigenvalue weighted by molar-refractivity contribution is 5.89. The maximum Gasteiger partial charge on any atom is 0.228 e. The van der Waals surface area contributed by atoms with Crippen molar-refractivity contribution in [3.63, 3.8) is 0 Å². The molecule has 2 aromatic rings. The van der Waals surface area contributed by atoms with Gasteiger partial charge in [-0.3, -0.25) is 4.79 Å². The minimum Gasteiger partial charge on any atom is -0.493 e. The molecule has 6 heteroatoms. The van der Waals surface area contributed by atoms with Gasteiger partial charge in [-0.1, -0.05) is 0 Å². The monoisotopic (exact) mass is 275 g/mol. The standard InChI is InChI=1S/C14H14FN3O2/c15-10-1-6-13(17-9-10)18-14(19)7-8-20-12-4-2-11(16)3-5-12/h1-6,9H,7-8,16H2,(H,17,18,19). The van der Waals surface area contributed by atoms with E-state index in [0.29, 0.717) is 17.3 Å². The van der Waals surface area contributed by atoms with Gasteiger partial charge in [0, 0.05) is 5.69 Å². The zero-order valence-electron chi connectivity index (χ0n) is 10.7.